The lowest BCUT2D eigenvalue weighted by atomic mass is 10.3. The van der Waals surface area contributed by atoms with Gasteiger partial charge >= 0.3 is 0 Å². The van der Waals surface area contributed by atoms with Crippen molar-refractivity contribution < 1.29 is 13.2 Å². The maximum absolute atomic E-state index is 12.5. The van der Waals surface area contributed by atoms with Gasteiger partial charge in [0.2, 0.25) is 15.5 Å². The molecule has 6 nitrogen and oxygen atoms in total. The van der Waals surface area contributed by atoms with Crippen LogP contribution in [-0.2, 0) is 9.84 Å². The fourth-order valence-electron chi connectivity index (χ4n) is 2.01. The average molecular weight is 337 g/mol. The number of nitrogens with zero attached hydrogens (tertiary/aromatic N) is 3. The molecule has 0 radical (unpaired) electrons. The van der Waals surface area contributed by atoms with E-state index in [9.17, 15) is 8.42 Å². The monoisotopic (exact) mass is 337 g/mol. The molecular formula is C17H11N3O3S. The minimum Gasteiger partial charge on any atom is -0.436 e. The van der Waals surface area contributed by atoms with Crippen molar-refractivity contribution in [2.24, 2.45) is 0 Å². The van der Waals surface area contributed by atoms with Gasteiger partial charge in [0.25, 0.3) is 5.88 Å². The second-order valence-corrected chi connectivity index (χ2v) is 6.66. The first kappa shape index (κ1) is 15.6. The summed E-state index contributed by atoms with van der Waals surface area (Å²) in [7, 11) is -3.58. The topological polar surface area (TPSA) is 92.9 Å². The van der Waals surface area contributed by atoms with Crippen LogP contribution in [0.2, 0.25) is 0 Å². The number of sulfone groups is 1. The lowest BCUT2D eigenvalue weighted by Gasteiger charge is -2.07. The summed E-state index contributed by atoms with van der Waals surface area (Å²) in [6.45, 7) is 0. The average Bonchev–Trinajstić information content (AvgIpc) is 2.63. The first-order chi connectivity index (χ1) is 11.6. The summed E-state index contributed by atoms with van der Waals surface area (Å²) in [6.07, 6.45) is 2.80. The SMILES string of the molecule is N#Cc1nccnc1Oc1ccc(S(=O)(=O)c2ccccc2)cc1. The highest BCUT2D eigenvalue weighted by Gasteiger charge is 2.17. The Balaban J connectivity index is 1.88. The van der Waals surface area contributed by atoms with E-state index in [0.29, 0.717) is 5.75 Å². The predicted molar refractivity (Wildman–Crippen MR) is 85.2 cm³/mol. The van der Waals surface area contributed by atoms with Crippen molar-refractivity contribution >= 4 is 9.84 Å². The van der Waals surface area contributed by atoms with Crippen LogP contribution in [0.3, 0.4) is 0 Å². The Morgan fingerprint density at radius 3 is 2.17 bits per heavy atom. The van der Waals surface area contributed by atoms with Gasteiger partial charge in [0, 0.05) is 12.4 Å². The van der Waals surface area contributed by atoms with Gasteiger partial charge in [-0.2, -0.15) is 5.26 Å². The van der Waals surface area contributed by atoms with Gasteiger partial charge in [-0.1, -0.05) is 18.2 Å². The lowest BCUT2D eigenvalue weighted by molar-refractivity contribution is 0.457. The molecule has 0 spiro atoms. The van der Waals surface area contributed by atoms with Gasteiger partial charge in [0.15, 0.2) is 0 Å². The molecule has 3 aromatic rings. The van der Waals surface area contributed by atoms with Gasteiger partial charge in [-0.15, -0.1) is 0 Å². The molecular weight excluding hydrogens is 326 g/mol. The fourth-order valence-corrected chi connectivity index (χ4v) is 3.29. The molecule has 0 amide bonds. The minimum absolute atomic E-state index is 0.0542. The molecule has 0 aliphatic carbocycles. The van der Waals surface area contributed by atoms with Crippen LogP contribution in [-0.4, -0.2) is 18.4 Å². The summed E-state index contributed by atoms with van der Waals surface area (Å²) in [5.74, 6) is 0.428. The highest BCUT2D eigenvalue weighted by atomic mass is 32.2. The van der Waals surface area contributed by atoms with E-state index in [2.05, 4.69) is 9.97 Å². The zero-order valence-corrected chi connectivity index (χ0v) is 13.1. The molecule has 2 aromatic carbocycles. The Labute approximate surface area is 138 Å². The van der Waals surface area contributed by atoms with E-state index in [-0.39, 0.29) is 21.4 Å². The third-order valence-corrected chi connectivity index (χ3v) is 4.96. The van der Waals surface area contributed by atoms with Crippen molar-refractivity contribution in [3.8, 4) is 17.7 Å². The molecule has 0 aliphatic heterocycles. The normalized spacial score (nSPS) is 10.8. The molecule has 3 rings (SSSR count). The van der Waals surface area contributed by atoms with Crippen LogP contribution >= 0.6 is 0 Å². The summed E-state index contributed by atoms with van der Waals surface area (Å²) in [4.78, 5) is 8.16. The molecule has 0 N–H and O–H groups in total. The summed E-state index contributed by atoms with van der Waals surface area (Å²) < 4.78 is 30.5. The molecule has 1 aromatic heterocycles. The highest BCUT2D eigenvalue weighted by Crippen LogP contribution is 2.25. The van der Waals surface area contributed by atoms with Gasteiger partial charge in [0.05, 0.1) is 9.79 Å². The Kier molecular flexibility index (Phi) is 4.22. The van der Waals surface area contributed by atoms with Gasteiger partial charge in [-0.25, -0.2) is 18.4 Å². The number of nitriles is 1. The molecule has 0 bridgehead atoms. The predicted octanol–water partition coefficient (Wildman–Crippen LogP) is 2.97. The van der Waals surface area contributed by atoms with Gasteiger partial charge in [0.1, 0.15) is 11.8 Å². The second kappa shape index (κ2) is 6.48. The molecule has 0 unspecified atom stereocenters. The Hall–Kier alpha value is -3.24. The summed E-state index contributed by atoms with van der Waals surface area (Å²) >= 11 is 0. The summed E-state index contributed by atoms with van der Waals surface area (Å²) in [5.41, 5.74) is 0.0542. The molecule has 0 atom stereocenters. The van der Waals surface area contributed by atoms with Gasteiger partial charge in [-0.05, 0) is 36.4 Å². The van der Waals surface area contributed by atoms with E-state index in [1.54, 1.807) is 30.3 Å². The van der Waals surface area contributed by atoms with Crippen LogP contribution in [0.1, 0.15) is 5.69 Å². The van der Waals surface area contributed by atoms with Crippen molar-refractivity contribution in [3.05, 3.63) is 72.7 Å². The Morgan fingerprint density at radius 1 is 0.875 bits per heavy atom. The molecule has 118 valence electrons. The highest BCUT2D eigenvalue weighted by molar-refractivity contribution is 7.91. The van der Waals surface area contributed by atoms with E-state index in [1.807, 2.05) is 6.07 Å². The number of rotatable bonds is 4. The maximum Gasteiger partial charge on any atom is 0.256 e. The maximum atomic E-state index is 12.5. The standard InChI is InChI=1S/C17H11N3O3S/c18-12-16-17(20-11-10-19-16)23-13-6-8-15(9-7-13)24(21,22)14-4-2-1-3-5-14/h1-11H. The van der Waals surface area contributed by atoms with Crippen LogP contribution in [0, 0.1) is 11.3 Å². The van der Waals surface area contributed by atoms with Crippen molar-refractivity contribution in [3.63, 3.8) is 0 Å². The minimum atomic E-state index is -3.58. The van der Waals surface area contributed by atoms with Gasteiger partial charge in [-0.3, -0.25) is 0 Å². The lowest BCUT2D eigenvalue weighted by Crippen LogP contribution is -2.01. The third kappa shape index (κ3) is 3.09. The molecule has 0 aliphatic rings. The zero-order valence-electron chi connectivity index (χ0n) is 12.3. The molecule has 0 saturated heterocycles. The molecule has 0 fully saturated rings. The zero-order chi connectivity index (χ0) is 17.0. The Bertz CT molecular complexity index is 995. The number of hydrogen-bond donors (Lipinski definition) is 0. The summed E-state index contributed by atoms with van der Waals surface area (Å²) in [5, 5.41) is 8.96. The van der Waals surface area contributed by atoms with Crippen LogP contribution in [0.25, 0.3) is 0 Å². The van der Waals surface area contributed by atoms with Crippen LogP contribution in [0.4, 0.5) is 0 Å². The van der Waals surface area contributed by atoms with E-state index in [0.717, 1.165) is 0 Å². The quantitative estimate of drug-likeness (QED) is 0.726. The van der Waals surface area contributed by atoms with E-state index >= 15 is 0 Å². The number of hydrogen-bond acceptors (Lipinski definition) is 6. The first-order valence-electron chi connectivity index (χ1n) is 6.90. The second-order valence-electron chi connectivity index (χ2n) is 4.71. The smallest absolute Gasteiger partial charge is 0.256 e. The largest absolute Gasteiger partial charge is 0.436 e. The van der Waals surface area contributed by atoms with E-state index in [4.69, 9.17) is 10.00 Å². The molecule has 24 heavy (non-hydrogen) atoms. The number of ether oxygens (including phenoxy) is 1. The number of benzene rings is 2. The molecule has 1 heterocycles. The summed E-state index contributed by atoms with van der Waals surface area (Å²) in [6, 6.07) is 15.9. The molecule has 0 saturated carbocycles. The van der Waals surface area contributed by atoms with Crippen LogP contribution < -0.4 is 4.74 Å². The van der Waals surface area contributed by atoms with Crippen LogP contribution in [0.15, 0.2) is 76.8 Å². The van der Waals surface area contributed by atoms with E-state index in [1.165, 1.54) is 36.7 Å². The van der Waals surface area contributed by atoms with Gasteiger partial charge < -0.3 is 4.74 Å². The van der Waals surface area contributed by atoms with Crippen molar-refractivity contribution in [2.45, 2.75) is 9.79 Å². The Morgan fingerprint density at radius 2 is 1.50 bits per heavy atom. The molecule has 7 heteroatoms. The van der Waals surface area contributed by atoms with Crippen molar-refractivity contribution in [2.75, 3.05) is 0 Å². The van der Waals surface area contributed by atoms with Crippen molar-refractivity contribution in [1.29, 1.82) is 5.26 Å². The van der Waals surface area contributed by atoms with Crippen molar-refractivity contribution in [1.82, 2.24) is 9.97 Å². The first-order valence-corrected chi connectivity index (χ1v) is 8.39. The fraction of sp³-hybridized carbons (Fsp3) is 0. The van der Waals surface area contributed by atoms with Crippen LogP contribution in [0.5, 0.6) is 11.6 Å². The van der Waals surface area contributed by atoms with E-state index < -0.39 is 9.84 Å². The third-order valence-electron chi connectivity index (χ3n) is 3.17. The number of aromatic nitrogens is 2.